The second kappa shape index (κ2) is 6.78. The van der Waals surface area contributed by atoms with Crippen LogP contribution >= 0.6 is 0 Å². The molecule has 1 aromatic rings. The number of nitrogens with one attached hydrogen (secondary N) is 1. The Labute approximate surface area is 116 Å². The maximum absolute atomic E-state index is 5.34. The Morgan fingerprint density at radius 2 is 1.79 bits per heavy atom. The van der Waals surface area contributed by atoms with Gasteiger partial charge in [0.05, 0.1) is 14.2 Å². The lowest BCUT2D eigenvalue weighted by molar-refractivity contribution is 0.147. The summed E-state index contributed by atoms with van der Waals surface area (Å²) >= 11 is 0. The molecular formula is C15H26N2O2. The molecule has 4 heteroatoms. The predicted molar refractivity (Wildman–Crippen MR) is 79.0 cm³/mol. The molecule has 1 N–H and O–H groups in total. The number of rotatable bonds is 7. The minimum absolute atomic E-state index is 0.0991. The van der Waals surface area contributed by atoms with E-state index in [0.29, 0.717) is 0 Å². The van der Waals surface area contributed by atoms with E-state index in [4.69, 9.17) is 9.47 Å². The maximum atomic E-state index is 5.34. The third-order valence-corrected chi connectivity index (χ3v) is 3.51. The van der Waals surface area contributed by atoms with Gasteiger partial charge in [-0.2, -0.15) is 0 Å². The smallest absolute Gasteiger partial charge is 0.161 e. The summed E-state index contributed by atoms with van der Waals surface area (Å²) in [7, 11) is 7.43. The summed E-state index contributed by atoms with van der Waals surface area (Å²) < 4.78 is 10.6. The lowest BCUT2D eigenvalue weighted by Crippen LogP contribution is -2.47. The number of methoxy groups -OCH3 is 2. The zero-order valence-electron chi connectivity index (χ0n) is 12.9. The molecule has 0 amide bonds. The van der Waals surface area contributed by atoms with E-state index in [2.05, 4.69) is 37.2 Å². The van der Waals surface area contributed by atoms with Crippen molar-refractivity contribution in [1.82, 2.24) is 10.2 Å². The van der Waals surface area contributed by atoms with Gasteiger partial charge in [0.2, 0.25) is 0 Å². The fourth-order valence-corrected chi connectivity index (χ4v) is 2.03. The molecule has 0 aliphatic heterocycles. The molecule has 0 saturated heterocycles. The van der Waals surface area contributed by atoms with Crippen LogP contribution in [0.15, 0.2) is 18.2 Å². The highest BCUT2D eigenvalue weighted by molar-refractivity contribution is 5.42. The molecule has 108 valence electrons. The molecular weight excluding hydrogens is 240 g/mol. The number of hydrogen-bond donors (Lipinski definition) is 1. The number of hydrogen-bond acceptors (Lipinski definition) is 4. The van der Waals surface area contributed by atoms with Crippen molar-refractivity contribution < 1.29 is 9.47 Å². The quantitative estimate of drug-likeness (QED) is 0.820. The van der Waals surface area contributed by atoms with Crippen LogP contribution in [0.4, 0.5) is 0 Å². The van der Waals surface area contributed by atoms with Crippen LogP contribution in [0.1, 0.15) is 19.4 Å². The van der Waals surface area contributed by atoms with Gasteiger partial charge in [0.25, 0.3) is 0 Å². The molecule has 0 spiro atoms. The maximum Gasteiger partial charge on any atom is 0.161 e. The first-order chi connectivity index (χ1) is 8.94. The minimum Gasteiger partial charge on any atom is -0.493 e. The average Bonchev–Trinajstić information content (AvgIpc) is 2.38. The summed E-state index contributed by atoms with van der Waals surface area (Å²) in [6.07, 6.45) is 0. The normalized spacial score (nSPS) is 11.7. The van der Waals surface area contributed by atoms with Crippen molar-refractivity contribution in [1.29, 1.82) is 0 Å². The number of nitrogens with zero attached hydrogens (tertiary/aromatic N) is 1. The first-order valence-corrected chi connectivity index (χ1v) is 6.51. The van der Waals surface area contributed by atoms with Crippen molar-refractivity contribution in [3.8, 4) is 11.5 Å². The van der Waals surface area contributed by atoms with Gasteiger partial charge >= 0.3 is 0 Å². The fraction of sp³-hybridized carbons (Fsp3) is 0.600. The van der Waals surface area contributed by atoms with Crippen LogP contribution in [0.25, 0.3) is 0 Å². The van der Waals surface area contributed by atoms with Gasteiger partial charge in [0, 0.05) is 18.6 Å². The molecule has 19 heavy (non-hydrogen) atoms. The topological polar surface area (TPSA) is 33.7 Å². The van der Waals surface area contributed by atoms with Crippen molar-refractivity contribution in [3.05, 3.63) is 23.8 Å². The van der Waals surface area contributed by atoms with E-state index >= 15 is 0 Å². The van der Waals surface area contributed by atoms with Crippen LogP contribution < -0.4 is 14.8 Å². The van der Waals surface area contributed by atoms with Crippen LogP contribution in [0.2, 0.25) is 0 Å². The second-order valence-electron chi connectivity index (χ2n) is 5.39. The van der Waals surface area contributed by atoms with Crippen LogP contribution in [-0.4, -0.2) is 45.3 Å². The van der Waals surface area contributed by atoms with E-state index in [1.165, 1.54) is 5.56 Å². The van der Waals surface area contributed by atoms with E-state index in [1.807, 2.05) is 19.2 Å². The minimum atomic E-state index is 0.0991. The highest BCUT2D eigenvalue weighted by Gasteiger charge is 2.22. The summed E-state index contributed by atoms with van der Waals surface area (Å²) in [4.78, 5) is 2.32. The van der Waals surface area contributed by atoms with Gasteiger partial charge in [-0.05, 0) is 45.6 Å². The summed E-state index contributed by atoms with van der Waals surface area (Å²) in [6, 6.07) is 6.06. The molecule has 1 rings (SSSR count). The van der Waals surface area contributed by atoms with Gasteiger partial charge in [-0.3, -0.25) is 4.90 Å². The Kier molecular flexibility index (Phi) is 5.63. The van der Waals surface area contributed by atoms with Gasteiger partial charge < -0.3 is 14.8 Å². The highest BCUT2D eigenvalue weighted by Crippen LogP contribution is 2.28. The van der Waals surface area contributed by atoms with Crippen molar-refractivity contribution in [2.75, 3.05) is 34.9 Å². The number of benzene rings is 1. The van der Waals surface area contributed by atoms with Gasteiger partial charge in [-0.15, -0.1) is 0 Å². The van der Waals surface area contributed by atoms with E-state index in [0.717, 1.165) is 24.6 Å². The van der Waals surface area contributed by atoms with Crippen molar-refractivity contribution >= 4 is 0 Å². The Bertz CT molecular complexity index is 405. The van der Waals surface area contributed by atoms with Crippen LogP contribution in [0, 0.1) is 0 Å². The van der Waals surface area contributed by atoms with E-state index in [9.17, 15) is 0 Å². The molecule has 0 atom stereocenters. The zero-order valence-corrected chi connectivity index (χ0v) is 12.9. The lowest BCUT2D eigenvalue weighted by Gasteiger charge is -2.35. The predicted octanol–water partition coefficient (Wildman–Crippen LogP) is 2.13. The molecule has 0 fully saturated rings. The molecule has 0 heterocycles. The van der Waals surface area contributed by atoms with E-state index in [-0.39, 0.29) is 5.54 Å². The van der Waals surface area contributed by atoms with Crippen LogP contribution in [-0.2, 0) is 6.54 Å². The van der Waals surface area contributed by atoms with Gasteiger partial charge in [0.1, 0.15) is 0 Å². The zero-order chi connectivity index (χ0) is 14.5. The lowest BCUT2D eigenvalue weighted by atomic mass is 10.0. The SMILES string of the molecule is CNCC(C)(C)N(C)Cc1ccc(OC)c(OC)c1. The van der Waals surface area contributed by atoms with E-state index < -0.39 is 0 Å². The molecule has 0 aliphatic carbocycles. The Balaban J connectivity index is 2.82. The molecule has 0 bridgehead atoms. The third kappa shape index (κ3) is 4.11. The van der Waals surface area contributed by atoms with Gasteiger partial charge in [0.15, 0.2) is 11.5 Å². The third-order valence-electron chi connectivity index (χ3n) is 3.51. The summed E-state index contributed by atoms with van der Waals surface area (Å²) in [5, 5.41) is 3.23. The molecule has 0 radical (unpaired) electrons. The van der Waals surface area contributed by atoms with Gasteiger partial charge in [-0.1, -0.05) is 6.07 Å². The van der Waals surface area contributed by atoms with Crippen LogP contribution in [0.3, 0.4) is 0 Å². The van der Waals surface area contributed by atoms with Crippen molar-refractivity contribution in [2.45, 2.75) is 25.9 Å². The van der Waals surface area contributed by atoms with Gasteiger partial charge in [-0.25, -0.2) is 0 Å². The average molecular weight is 266 g/mol. The van der Waals surface area contributed by atoms with Crippen molar-refractivity contribution in [2.24, 2.45) is 0 Å². The number of ether oxygens (including phenoxy) is 2. The summed E-state index contributed by atoms with van der Waals surface area (Å²) in [5.41, 5.74) is 1.31. The highest BCUT2D eigenvalue weighted by atomic mass is 16.5. The number of likely N-dealkylation sites (N-methyl/N-ethyl adjacent to an activating group) is 2. The molecule has 4 nitrogen and oxygen atoms in total. The molecule has 0 saturated carbocycles. The molecule has 0 aliphatic rings. The standard InChI is InChI=1S/C15H26N2O2/c1-15(2,11-16-3)17(4)10-12-7-8-13(18-5)14(9-12)19-6/h7-9,16H,10-11H2,1-6H3. The van der Waals surface area contributed by atoms with E-state index in [1.54, 1.807) is 14.2 Å². The van der Waals surface area contributed by atoms with Crippen LogP contribution in [0.5, 0.6) is 11.5 Å². The molecule has 1 aromatic carbocycles. The first kappa shape index (κ1) is 15.8. The largest absolute Gasteiger partial charge is 0.493 e. The molecule has 0 aromatic heterocycles. The summed E-state index contributed by atoms with van der Waals surface area (Å²) in [6.45, 7) is 6.26. The second-order valence-corrected chi connectivity index (χ2v) is 5.39. The Morgan fingerprint density at radius 1 is 1.16 bits per heavy atom. The monoisotopic (exact) mass is 266 g/mol. The summed E-state index contributed by atoms with van der Waals surface area (Å²) in [5.74, 6) is 1.54. The fourth-order valence-electron chi connectivity index (χ4n) is 2.03. The molecule has 0 unspecified atom stereocenters. The first-order valence-electron chi connectivity index (χ1n) is 6.51. The van der Waals surface area contributed by atoms with Crippen molar-refractivity contribution in [3.63, 3.8) is 0 Å². The Hall–Kier alpha value is -1.26. The Morgan fingerprint density at radius 3 is 2.32 bits per heavy atom.